The van der Waals surface area contributed by atoms with Crippen molar-refractivity contribution in [2.45, 2.75) is 37.1 Å². The number of halogens is 8. The Morgan fingerprint density at radius 3 is 2.48 bits per heavy atom. The summed E-state index contributed by atoms with van der Waals surface area (Å²) in [5.74, 6) is -8.81. The molecule has 0 radical (unpaired) electrons. The molecule has 1 heterocycles. The molecule has 1 aliphatic carbocycles. The van der Waals surface area contributed by atoms with Gasteiger partial charge in [-0.25, -0.2) is 4.68 Å². The number of carbonyl (C=O) groups is 1. The molecule has 1 aliphatic rings. The molecule has 0 spiro atoms. The molecule has 0 aliphatic heterocycles. The van der Waals surface area contributed by atoms with Gasteiger partial charge in [0.2, 0.25) is 0 Å². The summed E-state index contributed by atoms with van der Waals surface area (Å²) in [6.07, 6.45) is -3.91. The zero-order valence-corrected chi connectivity index (χ0v) is 20.9. The molecule has 9 nitrogen and oxygen atoms in total. The van der Waals surface area contributed by atoms with Crippen molar-refractivity contribution >= 4 is 35.1 Å². The van der Waals surface area contributed by atoms with Crippen molar-refractivity contribution < 1.29 is 40.3 Å². The van der Waals surface area contributed by atoms with E-state index in [4.69, 9.17) is 22.3 Å². The second-order valence-corrected chi connectivity index (χ2v) is 8.78. The van der Waals surface area contributed by atoms with E-state index in [0.717, 1.165) is 18.1 Å². The van der Waals surface area contributed by atoms with Crippen LogP contribution < -0.4 is 10.1 Å². The Kier molecular flexibility index (Phi) is 8.35. The van der Waals surface area contributed by atoms with Gasteiger partial charge in [0.15, 0.2) is 17.3 Å². The topological polar surface area (TPSA) is 131 Å². The van der Waals surface area contributed by atoms with E-state index in [1.807, 2.05) is 12.1 Å². The Morgan fingerprint density at radius 1 is 1.32 bits per heavy atom. The Morgan fingerprint density at radius 2 is 1.98 bits per heavy atom. The molecular formula is C23H17ClF7N7O2. The molecule has 2 N–H and O–H groups in total. The molecule has 1 amide bonds. The van der Waals surface area contributed by atoms with Crippen LogP contribution in [0.5, 0.6) is 5.75 Å². The lowest BCUT2D eigenvalue weighted by molar-refractivity contribution is -0.291. The lowest BCUT2D eigenvalue weighted by atomic mass is 10.0. The molecular weight excluding hydrogens is 575 g/mol. The van der Waals surface area contributed by atoms with Crippen LogP contribution in [0.4, 0.5) is 36.6 Å². The average molecular weight is 592 g/mol. The van der Waals surface area contributed by atoms with Crippen LogP contribution in [-0.2, 0) is 13.0 Å². The molecule has 1 aromatic carbocycles. The fourth-order valence-corrected chi connectivity index (χ4v) is 3.82. The third-order valence-electron chi connectivity index (χ3n) is 5.84. The van der Waals surface area contributed by atoms with Gasteiger partial charge < -0.3 is 20.4 Å². The highest BCUT2D eigenvalue weighted by atomic mass is 35.5. The van der Waals surface area contributed by atoms with Crippen molar-refractivity contribution in [1.29, 1.82) is 15.9 Å². The minimum absolute atomic E-state index is 0.0685. The van der Waals surface area contributed by atoms with Gasteiger partial charge in [0, 0.05) is 25.0 Å². The lowest BCUT2D eigenvalue weighted by Gasteiger charge is -2.25. The Balaban J connectivity index is 2.03. The van der Waals surface area contributed by atoms with Crippen LogP contribution in [0.1, 0.15) is 34.5 Å². The second kappa shape index (κ2) is 11.1. The van der Waals surface area contributed by atoms with Crippen LogP contribution in [0.15, 0.2) is 24.4 Å². The summed E-state index contributed by atoms with van der Waals surface area (Å²) in [4.78, 5) is 14.3. The van der Waals surface area contributed by atoms with Gasteiger partial charge in [-0.3, -0.25) is 4.79 Å². The largest absolute Gasteiger partial charge is 0.459 e. The number of nitrogens with one attached hydrogen (secondary N) is 2. The highest BCUT2D eigenvalue weighted by Crippen LogP contribution is 2.49. The number of benzene rings is 1. The molecule has 212 valence electrons. The van der Waals surface area contributed by atoms with Crippen molar-refractivity contribution in [2.24, 2.45) is 7.05 Å². The van der Waals surface area contributed by atoms with Crippen molar-refractivity contribution in [1.82, 2.24) is 14.7 Å². The Labute approximate surface area is 226 Å². The first-order valence-electron chi connectivity index (χ1n) is 11.0. The van der Waals surface area contributed by atoms with Crippen molar-refractivity contribution in [2.75, 3.05) is 11.9 Å². The molecule has 0 unspecified atom stereocenters. The number of carbonyl (C=O) groups excluding carboxylic acids is 1. The first kappa shape index (κ1) is 30.2. The number of hydrogen-bond acceptors (Lipinski definition) is 7. The predicted molar refractivity (Wildman–Crippen MR) is 126 cm³/mol. The summed E-state index contributed by atoms with van der Waals surface area (Å²) in [5.41, 5.74) is -3.47. The molecule has 17 heteroatoms. The van der Waals surface area contributed by atoms with E-state index in [1.165, 1.54) is 18.2 Å². The van der Waals surface area contributed by atoms with Gasteiger partial charge in [0.05, 0.1) is 22.7 Å². The van der Waals surface area contributed by atoms with E-state index in [1.54, 1.807) is 0 Å². The molecule has 1 fully saturated rings. The van der Waals surface area contributed by atoms with Gasteiger partial charge in [-0.05, 0) is 30.5 Å². The highest BCUT2D eigenvalue weighted by molar-refractivity contribution is 6.34. The van der Waals surface area contributed by atoms with E-state index in [9.17, 15) is 40.8 Å². The normalized spacial score (nSPS) is 14.8. The van der Waals surface area contributed by atoms with E-state index >= 15 is 0 Å². The standard InChI is InChI=1S/C23H17ClF7N7O2/c1-37-18(16(40-20(25)26)17(36-37)22(27,28)23(29,30)31)35-10-13(9-33)12-2-3-15(24)14(8-12)19(39)38(7-6-32)21(11-34)4-5-21/h2-3,8-10,20,33,35H,4-5,7H2,1H3/b13-10+,33-9?. The summed E-state index contributed by atoms with van der Waals surface area (Å²) < 4.78 is 97.0. The molecule has 40 heavy (non-hydrogen) atoms. The maximum Gasteiger partial charge on any atom is 0.459 e. The fourth-order valence-electron chi connectivity index (χ4n) is 3.62. The van der Waals surface area contributed by atoms with E-state index in [2.05, 4.69) is 15.2 Å². The Bertz CT molecular complexity index is 1440. The number of nitriles is 2. The van der Waals surface area contributed by atoms with Crippen LogP contribution >= 0.6 is 11.6 Å². The van der Waals surface area contributed by atoms with Gasteiger partial charge in [-0.2, -0.15) is 46.4 Å². The van der Waals surface area contributed by atoms with Crippen LogP contribution in [-0.4, -0.2) is 51.7 Å². The van der Waals surface area contributed by atoms with Crippen molar-refractivity contribution in [3.05, 3.63) is 46.2 Å². The summed E-state index contributed by atoms with van der Waals surface area (Å²) >= 11 is 6.17. The van der Waals surface area contributed by atoms with Crippen molar-refractivity contribution in [3.8, 4) is 17.9 Å². The van der Waals surface area contributed by atoms with Crippen LogP contribution in [0.3, 0.4) is 0 Å². The van der Waals surface area contributed by atoms with Gasteiger partial charge >= 0.3 is 18.7 Å². The summed E-state index contributed by atoms with van der Waals surface area (Å²) in [6.45, 7) is -4.21. The summed E-state index contributed by atoms with van der Waals surface area (Å²) in [6, 6.07) is 7.59. The Hall–Kier alpha value is -4.31. The van der Waals surface area contributed by atoms with Gasteiger partial charge in [-0.15, -0.1) is 0 Å². The second-order valence-electron chi connectivity index (χ2n) is 8.38. The van der Waals surface area contributed by atoms with Crippen LogP contribution in [0, 0.1) is 28.1 Å². The van der Waals surface area contributed by atoms with Crippen molar-refractivity contribution in [3.63, 3.8) is 0 Å². The number of aryl methyl sites for hydroxylation is 1. The maximum absolute atomic E-state index is 14.0. The molecule has 0 atom stereocenters. The number of rotatable bonds is 10. The molecule has 2 aromatic rings. The zero-order chi connectivity index (χ0) is 30.0. The quantitative estimate of drug-likeness (QED) is 0.215. The zero-order valence-electron chi connectivity index (χ0n) is 20.2. The summed E-state index contributed by atoms with van der Waals surface area (Å²) in [5, 5.41) is 31.5. The molecule has 0 bridgehead atoms. The van der Waals surface area contributed by atoms with E-state index in [-0.39, 0.29) is 21.7 Å². The van der Waals surface area contributed by atoms with E-state index < -0.39 is 54.0 Å². The number of anilines is 1. The number of amides is 1. The third-order valence-corrected chi connectivity index (χ3v) is 6.17. The van der Waals surface area contributed by atoms with Crippen LogP contribution in [0.2, 0.25) is 5.02 Å². The third kappa shape index (κ3) is 5.67. The number of nitrogens with zero attached hydrogens (tertiary/aromatic N) is 5. The number of aromatic nitrogens is 2. The lowest BCUT2D eigenvalue weighted by Crippen LogP contribution is -2.41. The smallest absolute Gasteiger partial charge is 0.429 e. The minimum Gasteiger partial charge on any atom is -0.429 e. The molecule has 1 saturated carbocycles. The molecule has 3 rings (SSSR count). The average Bonchev–Trinajstić information content (AvgIpc) is 3.61. The number of hydrogen-bond donors (Lipinski definition) is 2. The monoisotopic (exact) mass is 591 g/mol. The van der Waals surface area contributed by atoms with Gasteiger partial charge in [0.1, 0.15) is 12.1 Å². The fraction of sp³-hybridized carbons (Fsp3) is 0.348. The first-order valence-corrected chi connectivity index (χ1v) is 11.4. The number of allylic oxidation sites excluding steroid dienone is 1. The number of ether oxygens (including phenoxy) is 1. The predicted octanol–water partition coefficient (Wildman–Crippen LogP) is 5.45. The van der Waals surface area contributed by atoms with Gasteiger partial charge in [0.25, 0.3) is 5.91 Å². The minimum atomic E-state index is -6.18. The molecule has 0 saturated heterocycles. The van der Waals surface area contributed by atoms with E-state index in [0.29, 0.717) is 23.7 Å². The first-order chi connectivity index (χ1) is 18.6. The summed E-state index contributed by atoms with van der Waals surface area (Å²) in [7, 11) is 0.889. The highest BCUT2D eigenvalue weighted by Gasteiger charge is 2.62. The maximum atomic E-state index is 14.0. The SMILES string of the molecule is Cn1nc(C(F)(F)C(F)(F)F)c(OC(F)F)c1N/C=C(\C=N)c1ccc(Cl)c(C(=O)N(CC#N)C2(C#N)CC2)c1. The molecule has 1 aromatic heterocycles. The number of alkyl halides is 7. The van der Waals surface area contributed by atoms with Crippen LogP contribution in [0.25, 0.3) is 5.57 Å². The van der Waals surface area contributed by atoms with Gasteiger partial charge in [-0.1, -0.05) is 17.7 Å².